The van der Waals surface area contributed by atoms with Gasteiger partial charge in [0.15, 0.2) is 0 Å². The van der Waals surface area contributed by atoms with Gasteiger partial charge in [0.2, 0.25) is 0 Å². The summed E-state index contributed by atoms with van der Waals surface area (Å²) in [5.41, 5.74) is 3.58. The zero-order chi connectivity index (χ0) is 27.0. The summed E-state index contributed by atoms with van der Waals surface area (Å²) in [7, 11) is 0. The molecule has 0 bridgehead atoms. The largest absolute Gasteiger partial charge is 0.368 e. The molecule has 39 heavy (non-hydrogen) atoms. The van der Waals surface area contributed by atoms with Crippen LogP contribution in [0.25, 0.3) is 0 Å². The number of piperazine rings is 1. The predicted molar refractivity (Wildman–Crippen MR) is 154 cm³/mol. The van der Waals surface area contributed by atoms with Crippen molar-refractivity contribution in [1.29, 1.82) is 0 Å². The van der Waals surface area contributed by atoms with Crippen LogP contribution in [0.4, 0.5) is 26.2 Å². The van der Waals surface area contributed by atoms with Crippen molar-refractivity contribution in [3.8, 4) is 0 Å². The summed E-state index contributed by atoms with van der Waals surface area (Å²) in [6.07, 6.45) is 5.46. The Morgan fingerprint density at radius 1 is 0.795 bits per heavy atom. The predicted octanol–water partition coefficient (Wildman–Crippen LogP) is 5.85. The molecule has 204 valence electrons. The average molecular weight is 530 g/mol. The normalized spacial score (nSPS) is 16.5. The highest BCUT2D eigenvalue weighted by atomic mass is 19.1. The van der Waals surface area contributed by atoms with E-state index in [4.69, 9.17) is 0 Å². The number of hydrogen-bond acceptors (Lipinski definition) is 4. The highest BCUT2D eigenvalue weighted by Crippen LogP contribution is 2.27. The quantitative estimate of drug-likeness (QED) is 0.359. The van der Waals surface area contributed by atoms with Gasteiger partial charge in [-0.3, -0.25) is 9.69 Å². The summed E-state index contributed by atoms with van der Waals surface area (Å²) in [5, 5.41) is 8.67. The highest BCUT2D eigenvalue weighted by molar-refractivity contribution is 6.04. The van der Waals surface area contributed by atoms with Crippen LogP contribution in [0.5, 0.6) is 0 Å². The van der Waals surface area contributed by atoms with Crippen LogP contribution in [-0.4, -0.2) is 49.1 Å². The van der Waals surface area contributed by atoms with Gasteiger partial charge in [0.1, 0.15) is 5.82 Å². The molecule has 3 N–H and O–H groups in total. The molecule has 8 heteroatoms. The Balaban J connectivity index is 1.29. The van der Waals surface area contributed by atoms with Crippen LogP contribution >= 0.6 is 0 Å². The topological polar surface area (TPSA) is 76.7 Å². The van der Waals surface area contributed by atoms with Gasteiger partial charge in [-0.2, -0.15) is 0 Å². The van der Waals surface area contributed by atoms with E-state index in [0.717, 1.165) is 64.1 Å². The third-order valence-electron chi connectivity index (χ3n) is 7.48. The first-order chi connectivity index (χ1) is 19.0. The molecule has 1 saturated carbocycles. The number of carbonyl (C=O) groups excluding carboxylic acids is 2. The number of amides is 3. The maximum atomic E-state index is 13.5. The van der Waals surface area contributed by atoms with Crippen molar-refractivity contribution in [2.24, 2.45) is 0 Å². The minimum Gasteiger partial charge on any atom is -0.368 e. The molecule has 3 aromatic rings. The number of carbonyl (C=O) groups is 2. The van der Waals surface area contributed by atoms with Crippen molar-refractivity contribution in [3.05, 3.63) is 89.7 Å². The SMILES string of the molecule is O=C(Nc1cccc(F)c1)Nc1ccc(N2CCN(Cc3ccccc3)CC2)c(C(=O)NC2CCCCC2)c1. The molecule has 1 heterocycles. The number of rotatable bonds is 7. The van der Waals surface area contributed by atoms with Crippen molar-refractivity contribution >= 4 is 29.0 Å². The second-order valence-electron chi connectivity index (χ2n) is 10.4. The van der Waals surface area contributed by atoms with E-state index < -0.39 is 11.8 Å². The number of hydrogen-bond donors (Lipinski definition) is 3. The molecule has 2 fully saturated rings. The number of halogens is 1. The fourth-order valence-corrected chi connectivity index (χ4v) is 5.43. The summed E-state index contributed by atoms with van der Waals surface area (Å²) in [5.74, 6) is -0.541. The van der Waals surface area contributed by atoms with E-state index in [0.29, 0.717) is 16.9 Å². The number of nitrogens with zero attached hydrogens (tertiary/aromatic N) is 2. The van der Waals surface area contributed by atoms with Crippen molar-refractivity contribution in [2.45, 2.75) is 44.7 Å². The number of urea groups is 1. The molecule has 0 unspecified atom stereocenters. The van der Waals surface area contributed by atoms with E-state index in [1.165, 1.54) is 30.2 Å². The van der Waals surface area contributed by atoms with E-state index in [2.05, 4.69) is 50.0 Å². The molecule has 0 spiro atoms. The van der Waals surface area contributed by atoms with Gasteiger partial charge >= 0.3 is 6.03 Å². The minimum absolute atomic E-state index is 0.113. The first-order valence-electron chi connectivity index (χ1n) is 13.8. The van der Waals surface area contributed by atoms with Gasteiger partial charge < -0.3 is 20.9 Å². The molecular weight excluding hydrogens is 493 g/mol. The molecule has 5 rings (SSSR count). The van der Waals surface area contributed by atoms with Crippen molar-refractivity contribution < 1.29 is 14.0 Å². The van der Waals surface area contributed by atoms with Crippen LogP contribution in [0, 0.1) is 5.82 Å². The van der Waals surface area contributed by atoms with Crippen LogP contribution in [0.1, 0.15) is 48.0 Å². The summed E-state index contributed by atoms with van der Waals surface area (Å²) < 4.78 is 13.5. The van der Waals surface area contributed by atoms with Gasteiger partial charge in [-0.15, -0.1) is 0 Å². The fraction of sp³-hybridized carbons (Fsp3) is 0.355. The Hall–Kier alpha value is -3.91. The maximum absolute atomic E-state index is 13.5. The number of anilines is 3. The lowest BCUT2D eigenvalue weighted by Crippen LogP contribution is -2.46. The molecule has 0 radical (unpaired) electrons. The lowest BCUT2D eigenvalue weighted by molar-refractivity contribution is 0.0928. The second kappa shape index (κ2) is 12.8. The van der Waals surface area contributed by atoms with Crippen molar-refractivity contribution in [1.82, 2.24) is 10.2 Å². The Bertz CT molecular complexity index is 1270. The molecule has 1 aliphatic heterocycles. The Labute approximate surface area is 229 Å². The maximum Gasteiger partial charge on any atom is 0.323 e. The van der Waals surface area contributed by atoms with Crippen molar-refractivity contribution in [2.75, 3.05) is 41.7 Å². The third-order valence-corrected chi connectivity index (χ3v) is 7.48. The Morgan fingerprint density at radius 3 is 2.23 bits per heavy atom. The summed E-state index contributed by atoms with van der Waals surface area (Å²) >= 11 is 0. The lowest BCUT2D eigenvalue weighted by atomic mass is 9.95. The van der Waals surface area contributed by atoms with Crippen molar-refractivity contribution in [3.63, 3.8) is 0 Å². The van der Waals surface area contributed by atoms with Gasteiger partial charge in [0.05, 0.1) is 5.56 Å². The molecule has 0 aromatic heterocycles. The number of benzene rings is 3. The monoisotopic (exact) mass is 529 g/mol. The van der Waals surface area contributed by atoms with E-state index in [-0.39, 0.29) is 11.9 Å². The standard InChI is InChI=1S/C31H36FN5O2/c32-24-10-7-13-26(20-24)34-31(39)35-27-14-15-29(28(21-27)30(38)33-25-11-5-2-6-12-25)37-18-16-36(17-19-37)22-23-8-3-1-4-9-23/h1,3-4,7-10,13-15,20-21,25H,2,5-6,11-12,16-19,22H2,(H,33,38)(H2,34,35,39). The smallest absolute Gasteiger partial charge is 0.323 e. The van der Waals surface area contributed by atoms with E-state index >= 15 is 0 Å². The van der Waals surface area contributed by atoms with Crippen LogP contribution in [0.3, 0.4) is 0 Å². The van der Waals surface area contributed by atoms with Gasteiger partial charge in [-0.1, -0.05) is 55.7 Å². The molecule has 3 aromatic carbocycles. The van der Waals surface area contributed by atoms with E-state index in [1.807, 2.05) is 18.2 Å². The summed E-state index contributed by atoms with van der Waals surface area (Å²) in [4.78, 5) is 30.8. The van der Waals surface area contributed by atoms with E-state index in [9.17, 15) is 14.0 Å². The second-order valence-corrected chi connectivity index (χ2v) is 10.4. The minimum atomic E-state index is -0.499. The third kappa shape index (κ3) is 7.35. The van der Waals surface area contributed by atoms with Crippen LogP contribution in [0.2, 0.25) is 0 Å². The average Bonchev–Trinajstić information content (AvgIpc) is 2.94. The highest BCUT2D eigenvalue weighted by Gasteiger charge is 2.24. The first kappa shape index (κ1) is 26.7. The molecular formula is C31H36FN5O2. The van der Waals surface area contributed by atoms with Gasteiger partial charge in [0, 0.05) is 55.8 Å². The zero-order valence-electron chi connectivity index (χ0n) is 22.2. The molecule has 0 atom stereocenters. The first-order valence-corrected chi connectivity index (χ1v) is 13.8. The zero-order valence-corrected chi connectivity index (χ0v) is 22.2. The molecule has 2 aliphatic rings. The molecule has 1 aliphatic carbocycles. The Morgan fingerprint density at radius 2 is 1.51 bits per heavy atom. The van der Waals surface area contributed by atoms with Crippen LogP contribution in [-0.2, 0) is 6.54 Å². The van der Waals surface area contributed by atoms with Crippen LogP contribution < -0.4 is 20.9 Å². The van der Waals surface area contributed by atoms with Gasteiger partial charge in [-0.25, -0.2) is 9.18 Å². The van der Waals surface area contributed by atoms with Gasteiger partial charge in [-0.05, 0) is 54.8 Å². The fourth-order valence-electron chi connectivity index (χ4n) is 5.43. The van der Waals surface area contributed by atoms with Gasteiger partial charge in [0.25, 0.3) is 5.91 Å². The van der Waals surface area contributed by atoms with Crippen LogP contribution in [0.15, 0.2) is 72.8 Å². The molecule has 7 nitrogen and oxygen atoms in total. The number of nitrogens with one attached hydrogen (secondary N) is 3. The lowest BCUT2D eigenvalue weighted by Gasteiger charge is -2.37. The van der Waals surface area contributed by atoms with E-state index in [1.54, 1.807) is 12.1 Å². The molecule has 1 saturated heterocycles. The summed E-state index contributed by atoms with van der Waals surface area (Å²) in [6, 6.07) is 21.3. The summed E-state index contributed by atoms with van der Waals surface area (Å²) in [6.45, 7) is 4.32. The molecule has 3 amide bonds. The Kier molecular flexibility index (Phi) is 8.73.